The van der Waals surface area contributed by atoms with E-state index >= 15 is 0 Å². The summed E-state index contributed by atoms with van der Waals surface area (Å²) < 4.78 is 6.00. The van der Waals surface area contributed by atoms with Gasteiger partial charge in [0.1, 0.15) is 5.75 Å². The molecule has 0 saturated heterocycles. The smallest absolute Gasteiger partial charge is 0.191 e. The van der Waals surface area contributed by atoms with Crippen LogP contribution in [0.3, 0.4) is 0 Å². The molecule has 1 aliphatic carbocycles. The number of hydrogen-bond acceptors (Lipinski definition) is 2. The molecule has 1 aromatic rings. The first-order valence-corrected chi connectivity index (χ1v) is 8.71. The van der Waals surface area contributed by atoms with Gasteiger partial charge < -0.3 is 15.4 Å². The maximum atomic E-state index is 6.00. The molecule has 128 valence electrons. The Bertz CT molecular complexity index is 496. The Balaban J connectivity index is 1.75. The van der Waals surface area contributed by atoms with E-state index in [1.807, 2.05) is 0 Å². The molecule has 0 spiro atoms. The Morgan fingerprint density at radius 2 is 1.83 bits per heavy atom. The molecule has 0 unspecified atom stereocenters. The fourth-order valence-electron chi connectivity index (χ4n) is 2.79. The van der Waals surface area contributed by atoms with Gasteiger partial charge in [-0.2, -0.15) is 0 Å². The molecule has 0 aromatic heterocycles. The van der Waals surface area contributed by atoms with E-state index in [0.29, 0.717) is 6.10 Å². The SMILES string of the molecule is CN=C(NCCc1ccc(OC2CCCC2)cc1)NC(C)(C)C. The fraction of sp³-hybridized carbons (Fsp3) is 0.632. The van der Waals surface area contributed by atoms with Crippen molar-refractivity contribution in [3.63, 3.8) is 0 Å². The lowest BCUT2D eigenvalue weighted by molar-refractivity contribution is 0.210. The minimum absolute atomic E-state index is 0.0149. The summed E-state index contributed by atoms with van der Waals surface area (Å²) >= 11 is 0. The third kappa shape index (κ3) is 6.51. The van der Waals surface area contributed by atoms with Gasteiger partial charge in [0.25, 0.3) is 0 Å². The molecule has 0 aliphatic heterocycles. The van der Waals surface area contributed by atoms with Gasteiger partial charge >= 0.3 is 0 Å². The number of nitrogens with one attached hydrogen (secondary N) is 2. The lowest BCUT2D eigenvalue weighted by Crippen LogP contribution is -2.48. The number of benzene rings is 1. The Morgan fingerprint density at radius 1 is 1.17 bits per heavy atom. The molecule has 0 heterocycles. The van der Waals surface area contributed by atoms with Crippen LogP contribution >= 0.6 is 0 Å². The van der Waals surface area contributed by atoms with Crippen LogP contribution in [0.1, 0.15) is 52.0 Å². The maximum absolute atomic E-state index is 6.00. The quantitative estimate of drug-likeness (QED) is 0.645. The molecule has 0 atom stereocenters. The molecular formula is C19H31N3O. The van der Waals surface area contributed by atoms with E-state index in [4.69, 9.17) is 4.74 Å². The second-order valence-electron chi connectivity index (χ2n) is 7.29. The van der Waals surface area contributed by atoms with Crippen LogP contribution in [0.15, 0.2) is 29.3 Å². The van der Waals surface area contributed by atoms with Gasteiger partial charge in [0.2, 0.25) is 0 Å². The van der Waals surface area contributed by atoms with E-state index < -0.39 is 0 Å². The highest BCUT2D eigenvalue weighted by atomic mass is 16.5. The van der Waals surface area contributed by atoms with Crippen LogP contribution in [0.25, 0.3) is 0 Å². The van der Waals surface area contributed by atoms with E-state index in [1.54, 1.807) is 7.05 Å². The van der Waals surface area contributed by atoms with Crippen molar-refractivity contribution >= 4 is 5.96 Å². The van der Waals surface area contributed by atoms with Crippen molar-refractivity contribution in [2.75, 3.05) is 13.6 Å². The molecule has 2 N–H and O–H groups in total. The highest BCUT2D eigenvalue weighted by Crippen LogP contribution is 2.24. The van der Waals surface area contributed by atoms with Gasteiger partial charge in [0, 0.05) is 19.1 Å². The van der Waals surface area contributed by atoms with Crippen LogP contribution in [0.5, 0.6) is 5.75 Å². The number of aliphatic imine (C=N–C) groups is 1. The number of ether oxygens (including phenoxy) is 1. The summed E-state index contributed by atoms with van der Waals surface area (Å²) in [7, 11) is 1.80. The third-order valence-corrected chi connectivity index (χ3v) is 3.95. The standard InChI is InChI=1S/C19H31N3O/c1-19(2,3)22-18(20-4)21-14-13-15-9-11-17(12-10-15)23-16-7-5-6-8-16/h9-12,16H,5-8,13-14H2,1-4H3,(H2,20,21,22). The highest BCUT2D eigenvalue weighted by Gasteiger charge is 2.16. The van der Waals surface area contributed by atoms with E-state index in [1.165, 1.54) is 31.2 Å². The van der Waals surface area contributed by atoms with E-state index in [-0.39, 0.29) is 5.54 Å². The molecule has 1 aliphatic rings. The van der Waals surface area contributed by atoms with Crippen LogP contribution in [0.2, 0.25) is 0 Å². The minimum Gasteiger partial charge on any atom is -0.490 e. The summed E-state index contributed by atoms with van der Waals surface area (Å²) in [6.45, 7) is 7.24. The van der Waals surface area contributed by atoms with Gasteiger partial charge in [-0.15, -0.1) is 0 Å². The summed E-state index contributed by atoms with van der Waals surface area (Å²) in [5, 5.41) is 6.72. The lowest BCUT2D eigenvalue weighted by Gasteiger charge is -2.23. The van der Waals surface area contributed by atoms with Crippen molar-refractivity contribution in [2.24, 2.45) is 4.99 Å². The molecule has 0 radical (unpaired) electrons. The van der Waals surface area contributed by atoms with Crippen molar-refractivity contribution in [2.45, 2.75) is 64.5 Å². The van der Waals surface area contributed by atoms with Crippen LogP contribution in [-0.2, 0) is 6.42 Å². The molecule has 4 heteroatoms. The Hall–Kier alpha value is -1.71. The van der Waals surface area contributed by atoms with Crippen molar-refractivity contribution in [1.29, 1.82) is 0 Å². The molecule has 0 amide bonds. The van der Waals surface area contributed by atoms with Gasteiger partial charge in [-0.25, -0.2) is 0 Å². The van der Waals surface area contributed by atoms with Crippen LogP contribution < -0.4 is 15.4 Å². The summed E-state index contributed by atoms with van der Waals surface area (Å²) in [6.07, 6.45) is 6.40. The number of nitrogens with zero attached hydrogens (tertiary/aromatic N) is 1. The van der Waals surface area contributed by atoms with Gasteiger partial charge in [-0.1, -0.05) is 12.1 Å². The molecule has 1 aromatic carbocycles. The first kappa shape index (κ1) is 17.6. The van der Waals surface area contributed by atoms with Gasteiger partial charge in [-0.3, -0.25) is 4.99 Å². The zero-order valence-corrected chi connectivity index (χ0v) is 15.0. The zero-order chi connectivity index (χ0) is 16.7. The monoisotopic (exact) mass is 317 g/mol. The molecule has 2 rings (SSSR count). The van der Waals surface area contributed by atoms with Crippen molar-refractivity contribution in [1.82, 2.24) is 10.6 Å². The number of rotatable bonds is 5. The summed E-state index contributed by atoms with van der Waals surface area (Å²) in [5.74, 6) is 1.84. The first-order valence-electron chi connectivity index (χ1n) is 8.71. The lowest BCUT2D eigenvalue weighted by atomic mass is 10.1. The largest absolute Gasteiger partial charge is 0.490 e. The topological polar surface area (TPSA) is 45.7 Å². The normalized spacial score (nSPS) is 16.4. The second-order valence-corrected chi connectivity index (χ2v) is 7.29. The Morgan fingerprint density at radius 3 is 2.39 bits per heavy atom. The molecule has 1 saturated carbocycles. The summed E-state index contributed by atoms with van der Waals surface area (Å²) in [4.78, 5) is 4.25. The van der Waals surface area contributed by atoms with E-state index in [0.717, 1.165) is 24.7 Å². The third-order valence-electron chi connectivity index (χ3n) is 3.95. The molecular weight excluding hydrogens is 286 g/mol. The van der Waals surface area contributed by atoms with Crippen molar-refractivity contribution in [3.8, 4) is 5.75 Å². The second kappa shape index (κ2) is 8.23. The first-order chi connectivity index (χ1) is 11.0. The van der Waals surface area contributed by atoms with Gasteiger partial charge in [0.05, 0.1) is 6.10 Å². The molecule has 1 fully saturated rings. The molecule has 4 nitrogen and oxygen atoms in total. The van der Waals surface area contributed by atoms with Gasteiger partial charge in [-0.05, 0) is 70.6 Å². The molecule has 0 bridgehead atoms. The van der Waals surface area contributed by atoms with Crippen molar-refractivity contribution < 1.29 is 4.74 Å². The fourth-order valence-corrected chi connectivity index (χ4v) is 2.79. The van der Waals surface area contributed by atoms with Crippen LogP contribution in [0.4, 0.5) is 0 Å². The highest BCUT2D eigenvalue weighted by molar-refractivity contribution is 5.80. The van der Waals surface area contributed by atoms with Crippen LogP contribution in [-0.4, -0.2) is 31.2 Å². The van der Waals surface area contributed by atoms with E-state index in [9.17, 15) is 0 Å². The van der Waals surface area contributed by atoms with E-state index in [2.05, 4.69) is 60.7 Å². The summed E-state index contributed by atoms with van der Waals surface area (Å²) in [5.41, 5.74) is 1.32. The van der Waals surface area contributed by atoms with Gasteiger partial charge in [0.15, 0.2) is 5.96 Å². The number of guanidine groups is 1. The zero-order valence-electron chi connectivity index (χ0n) is 15.0. The number of hydrogen-bond donors (Lipinski definition) is 2. The predicted molar refractivity (Wildman–Crippen MR) is 97.3 cm³/mol. The maximum Gasteiger partial charge on any atom is 0.191 e. The molecule has 23 heavy (non-hydrogen) atoms. The Labute approximate surface area is 140 Å². The minimum atomic E-state index is 0.0149. The average Bonchev–Trinajstić information content (AvgIpc) is 2.99. The summed E-state index contributed by atoms with van der Waals surface area (Å²) in [6, 6.07) is 8.50. The van der Waals surface area contributed by atoms with Crippen molar-refractivity contribution in [3.05, 3.63) is 29.8 Å². The predicted octanol–water partition coefficient (Wildman–Crippen LogP) is 3.51. The average molecular weight is 317 g/mol. The van der Waals surface area contributed by atoms with Crippen LogP contribution in [0, 0.1) is 0 Å². The Kier molecular flexibility index (Phi) is 6.31.